The summed E-state index contributed by atoms with van der Waals surface area (Å²) in [6.07, 6.45) is 0. The van der Waals surface area contributed by atoms with E-state index in [0.717, 1.165) is 0 Å². The Balaban J connectivity index is 0.000000121. The Morgan fingerprint density at radius 2 is 0.364 bits per heavy atom. The monoisotopic (exact) mass is 422 g/mol. The average Bonchev–Trinajstić information content (AvgIpc) is 2.87. The summed E-state index contributed by atoms with van der Waals surface area (Å²) in [5, 5.41) is 16.3. The highest BCUT2D eigenvalue weighted by Crippen LogP contribution is 2.35. The summed E-state index contributed by atoms with van der Waals surface area (Å²) in [5.74, 6) is 0. The number of hydrogen-bond donors (Lipinski definition) is 0. The second kappa shape index (κ2) is 7.44. The zero-order valence-electron chi connectivity index (χ0n) is 18.0. The Hall–Kier alpha value is -4.20. The third kappa shape index (κ3) is 2.91. The summed E-state index contributed by atoms with van der Waals surface area (Å²) in [5.41, 5.74) is 0. The first-order valence-corrected chi connectivity index (χ1v) is 11.1. The maximum Gasteiger partial charge on any atom is -0.00268 e. The first kappa shape index (κ1) is 19.5. The van der Waals surface area contributed by atoms with Crippen LogP contribution in [0.15, 0.2) is 121 Å². The van der Waals surface area contributed by atoms with Gasteiger partial charge < -0.3 is 5.48 Å². The van der Waals surface area contributed by atoms with E-state index in [1.165, 1.54) is 64.6 Å². The molecule has 0 unspecified atom stereocenters. The summed E-state index contributed by atoms with van der Waals surface area (Å²) < 4.78 is 0. The maximum atomic E-state index is 2.21. The molecule has 0 aliphatic carbocycles. The number of benzene rings is 8. The average molecular weight is 423 g/mol. The van der Waals surface area contributed by atoms with Crippen molar-refractivity contribution in [1.29, 1.82) is 0 Å². The summed E-state index contributed by atoms with van der Waals surface area (Å²) in [4.78, 5) is 0. The van der Waals surface area contributed by atoms with Crippen LogP contribution in [-0.2, 0) is 0 Å². The Labute approximate surface area is 191 Å². The fourth-order valence-electron chi connectivity index (χ4n) is 5.34. The van der Waals surface area contributed by atoms with Gasteiger partial charge in [0.25, 0.3) is 0 Å². The Morgan fingerprint density at radius 3 is 0.515 bits per heavy atom. The number of rotatable bonds is 0. The minimum atomic E-state index is 0. The Morgan fingerprint density at radius 1 is 0.212 bits per heavy atom. The van der Waals surface area contributed by atoms with E-state index in [0.29, 0.717) is 0 Å². The Kier molecular flexibility index (Phi) is 4.39. The smallest absolute Gasteiger partial charge is 0.00268 e. The molecule has 0 saturated carbocycles. The van der Waals surface area contributed by atoms with Crippen molar-refractivity contribution in [3.05, 3.63) is 121 Å². The molecule has 2 N–H and O–H groups in total. The van der Waals surface area contributed by atoms with Gasteiger partial charge in [-0.3, -0.25) is 0 Å². The van der Waals surface area contributed by atoms with Crippen molar-refractivity contribution >= 4 is 64.6 Å². The van der Waals surface area contributed by atoms with Crippen LogP contribution < -0.4 is 0 Å². The fourth-order valence-corrected chi connectivity index (χ4v) is 5.34. The number of hydrogen-bond acceptors (Lipinski definition) is 0. The van der Waals surface area contributed by atoms with E-state index in [1.54, 1.807) is 0 Å². The van der Waals surface area contributed by atoms with Gasteiger partial charge in [-0.2, -0.15) is 0 Å². The van der Waals surface area contributed by atoms with Gasteiger partial charge in [0.05, 0.1) is 0 Å². The van der Waals surface area contributed by atoms with E-state index in [-0.39, 0.29) is 5.48 Å². The maximum absolute atomic E-state index is 2.21. The zero-order valence-corrected chi connectivity index (χ0v) is 18.0. The van der Waals surface area contributed by atoms with Gasteiger partial charge in [0.2, 0.25) is 0 Å². The molecule has 0 saturated heterocycles. The Bertz CT molecular complexity index is 1480. The quantitative estimate of drug-likeness (QED) is 0.220. The van der Waals surface area contributed by atoms with Crippen molar-refractivity contribution in [2.75, 3.05) is 0 Å². The summed E-state index contributed by atoms with van der Waals surface area (Å²) in [6.45, 7) is 0. The molecule has 0 spiro atoms. The van der Waals surface area contributed by atoms with Gasteiger partial charge in [-0.1, -0.05) is 121 Å². The first-order valence-electron chi connectivity index (χ1n) is 11.1. The normalized spacial score (nSPS) is 11.4. The third-order valence-electron chi connectivity index (χ3n) is 6.79. The van der Waals surface area contributed by atoms with Crippen molar-refractivity contribution in [2.24, 2.45) is 0 Å². The van der Waals surface area contributed by atoms with E-state index >= 15 is 0 Å². The molecule has 0 radical (unpaired) electrons. The van der Waals surface area contributed by atoms with Gasteiger partial charge in [-0.05, 0) is 64.6 Å². The van der Waals surface area contributed by atoms with E-state index < -0.39 is 0 Å². The topological polar surface area (TPSA) is 31.5 Å². The fraction of sp³-hybridized carbons (Fsp3) is 0. The lowest BCUT2D eigenvalue weighted by molar-refractivity contribution is 0.824. The van der Waals surface area contributed by atoms with Crippen molar-refractivity contribution in [1.82, 2.24) is 0 Å². The molecule has 0 bridgehead atoms. The van der Waals surface area contributed by atoms with Crippen LogP contribution in [0.2, 0.25) is 0 Å². The van der Waals surface area contributed by atoms with Crippen LogP contribution in [0, 0.1) is 0 Å². The lowest BCUT2D eigenvalue weighted by atomic mass is 9.95. The van der Waals surface area contributed by atoms with E-state index in [9.17, 15) is 0 Å². The molecule has 0 heterocycles. The van der Waals surface area contributed by atoms with Gasteiger partial charge in [0, 0.05) is 0 Å². The lowest BCUT2D eigenvalue weighted by Crippen LogP contribution is -1.82. The largest absolute Gasteiger partial charge is 0.412 e. The molecule has 0 atom stereocenters. The molecular weight excluding hydrogens is 400 g/mol. The SMILES string of the molecule is O.c1cc2ccc3cccc4ccc(c1)c2c34.c1cc2ccc3cccc4ccc(c1)c2c34. The van der Waals surface area contributed by atoms with E-state index in [2.05, 4.69) is 121 Å². The van der Waals surface area contributed by atoms with Crippen LogP contribution in [0.1, 0.15) is 0 Å². The highest BCUT2D eigenvalue weighted by Gasteiger charge is 2.07. The molecule has 156 valence electrons. The van der Waals surface area contributed by atoms with Crippen LogP contribution in [0.4, 0.5) is 0 Å². The molecule has 0 aliphatic heterocycles. The van der Waals surface area contributed by atoms with Crippen LogP contribution in [0.25, 0.3) is 64.6 Å². The molecule has 0 aromatic heterocycles. The predicted octanol–water partition coefficient (Wildman–Crippen LogP) is 8.34. The van der Waals surface area contributed by atoms with Gasteiger partial charge in [-0.15, -0.1) is 0 Å². The second-order valence-corrected chi connectivity index (χ2v) is 8.58. The molecule has 0 amide bonds. The molecule has 1 heteroatoms. The molecule has 8 aromatic rings. The van der Waals surface area contributed by atoms with Crippen molar-refractivity contribution < 1.29 is 5.48 Å². The standard InChI is InChI=1S/2C16H10.H2O/c2*1-3-11-7-9-13-5-2-6-14-10-8-12(4-1)15(11)16(13)14;/h2*1-10H;1H2. The molecule has 8 rings (SSSR count). The van der Waals surface area contributed by atoms with Gasteiger partial charge in [0.1, 0.15) is 0 Å². The highest BCUT2D eigenvalue weighted by molar-refractivity contribution is 6.23. The minimum absolute atomic E-state index is 0. The zero-order chi connectivity index (χ0) is 21.1. The lowest BCUT2D eigenvalue weighted by Gasteiger charge is -2.09. The van der Waals surface area contributed by atoms with Crippen LogP contribution in [-0.4, -0.2) is 5.48 Å². The van der Waals surface area contributed by atoms with Gasteiger partial charge in [0.15, 0.2) is 0 Å². The molecule has 0 fully saturated rings. The van der Waals surface area contributed by atoms with E-state index in [1.807, 2.05) is 0 Å². The van der Waals surface area contributed by atoms with Crippen LogP contribution in [0.3, 0.4) is 0 Å². The molecule has 0 aliphatic rings. The predicted molar refractivity (Wildman–Crippen MR) is 144 cm³/mol. The van der Waals surface area contributed by atoms with E-state index in [4.69, 9.17) is 0 Å². The highest BCUT2D eigenvalue weighted by atomic mass is 16.0. The molecule has 8 aromatic carbocycles. The van der Waals surface area contributed by atoms with Crippen LogP contribution in [0.5, 0.6) is 0 Å². The van der Waals surface area contributed by atoms with Crippen molar-refractivity contribution in [3.8, 4) is 0 Å². The summed E-state index contributed by atoms with van der Waals surface area (Å²) in [7, 11) is 0. The van der Waals surface area contributed by atoms with Gasteiger partial charge in [-0.25, -0.2) is 0 Å². The van der Waals surface area contributed by atoms with Crippen LogP contribution >= 0.6 is 0 Å². The first-order chi connectivity index (χ1) is 15.9. The molecule has 1 nitrogen and oxygen atoms in total. The summed E-state index contributed by atoms with van der Waals surface area (Å²) in [6, 6.07) is 43.7. The van der Waals surface area contributed by atoms with Crippen molar-refractivity contribution in [3.63, 3.8) is 0 Å². The summed E-state index contributed by atoms with van der Waals surface area (Å²) >= 11 is 0. The second-order valence-electron chi connectivity index (χ2n) is 8.58. The minimum Gasteiger partial charge on any atom is -0.412 e. The molecular formula is C32H22O. The van der Waals surface area contributed by atoms with Crippen molar-refractivity contribution in [2.45, 2.75) is 0 Å². The molecule has 33 heavy (non-hydrogen) atoms. The third-order valence-corrected chi connectivity index (χ3v) is 6.79. The van der Waals surface area contributed by atoms with Gasteiger partial charge >= 0.3 is 0 Å².